The fourth-order valence-electron chi connectivity index (χ4n) is 2.30. The Morgan fingerprint density at radius 1 is 1.44 bits per heavy atom. The first kappa shape index (κ1) is 12.8. The molecule has 1 aliphatic heterocycles. The highest BCUT2D eigenvalue weighted by Crippen LogP contribution is 2.22. The van der Waals surface area contributed by atoms with Crippen molar-refractivity contribution in [1.29, 1.82) is 0 Å². The van der Waals surface area contributed by atoms with Gasteiger partial charge in [-0.2, -0.15) is 0 Å². The molecule has 0 spiro atoms. The molecule has 0 bridgehead atoms. The van der Waals surface area contributed by atoms with Crippen molar-refractivity contribution in [3.8, 4) is 0 Å². The molecule has 3 N–H and O–H groups in total. The van der Waals surface area contributed by atoms with Crippen molar-refractivity contribution >= 4 is 5.84 Å². The van der Waals surface area contributed by atoms with E-state index in [9.17, 15) is 8.78 Å². The SMILES string of the molecule is N/C(=N/O)C1CCCN1Cc1c(F)cccc1F. The Morgan fingerprint density at radius 2 is 2.11 bits per heavy atom. The van der Waals surface area contributed by atoms with Gasteiger partial charge in [-0.15, -0.1) is 0 Å². The van der Waals surface area contributed by atoms with Crippen molar-refractivity contribution < 1.29 is 14.0 Å². The maximum Gasteiger partial charge on any atom is 0.156 e. The van der Waals surface area contributed by atoms with Gasteiger partial charge in [0, 0.05) is 12.1 Å². The molecule has 1 fully saturated rings. The second kappa shape index (κ2) is 5.30. The summed E-state index contributed by atoms with van der Waals surface area (Å²) in [6.07, 6.45) is 1.59. The van der Waals surface area contributed by atoms with Crippen molar-refractivity contribution in [2.45, 2.75) is 25.4 Å². The topological polar surface area (TPSA) is 61.9 Å². The minimum absolute atomic E-state index is 0.0233. The molecule has 0 amide bonds. The van der Waals surface area contributed by atoms with Crippen LogP contribution in [0.1, 0.15) is 18.4 Å². The smallest absolute Gasteiger partial charge is 0.156 e. The molecule has 0 saturated carbocycles. The summed E-state index contributed by atoms with van der Waals surface area (Å²) in [6, 6.07) is 3.54. The van der Waals surface area contributed by atoms with E-state index >= 15 is 0 Å². The summed E-state index contributed by atoms with van der Waals surface area (Å²) in [6.45, 7) is 0.800. The Kier molecular flexibility index (Phi) is 3.76. The van der Waals surface area contributed by atoms with Crippen molar-refractivity contribution in [3.05, 3.63) is 35.4 Å². The van der Waals surface area contributed by atoms with Gasteiger partial charge in [-0.25, -0.2) is 8.78 Å². The van der Waals surface area contributed by atoms with Crippen LogP contribution in [0.5, 0.6) is 0 Å². The molecule has 0 aliphatic carbocycles. The predicted molar refractivity (Wildman–Crippen MR) is 63.2 cm³/mol. The first-order valence-electron chi connectivity index (χ1n) is 5.78. The number of benzene rings is 1. The minimum atomic E-state index is -0.569. The first-order chi connectivity index (χ1) is 8.63. The van der Waals surface area contributed by atoms with Gasteiger partial charge < -0.3 is 10.9 Å². The summed E-state index contributed by atoms with van der Waals surface area (Å²) in [5.74, 6) is -1.05. The van der Waals surface area contributed by atoms with Gasteiger partial charge in [0.1, 0.15) is 11.6 Å². The highest BCUT2D eigenvalue weighted by Gasteiger charge is 2.29. The van der Waals surface area contributed by atoms with Gasteiger partial charge in [0.25, 0.3) is 0 Å². The molecule has 4 nitrogen and oxygen atoms in total. The van der Waals surface area contributed by atoms with Crippen LogP contribution in [0.2, 0.25) is 0 Å². The van der Waals surface area contributed by atoms with Gasteiger partial charge in [0.15, 0.2) is 5.84 Å². The lowest BCUT2D eigenvalue weighted by molar-refractivity contribution is 0.268. The Morgan fingerprint density at radius 3 is 2.72 bits per heavy atom. The third kappa shape index (κ3) is 2.43. The third-order valence-electron chi connectivity index (χ3n) is 3.24. The predicted octanol–water partition coefficient (Wildman–Crippen LogP) is 1.68. The maximum atomic E-state index is 13.5. The molecule has 1 aromatic rings. The lowest BCUT2D eigenvalue weighted by atomic mass is 10.1. The lowest BCUT2D eigenvalue weighted by Crippen LogP contribution is -2.40. The van der Waals surface area contributed by atoms with Gasteiger partial charge in [0.05, 0.1) is 6.04 Å². The Bertz CT molecular complexity index is 444. The van der Waals surface area contributed by atoms with Crippen LogP contribution in [0.3, 0.4) is 0 Å². The Hall–Kier alpha value is -1.69. The van der Waals surface area contributed by atoms with Gasteiger partial charge in [-0.1, -0.05) is 11.2 Å². The molecule has 1 heterocycles. The van der Waals surface area contributed by atoms with Crippen LogP contribution in [0, 0.1) is 11.6 Å². The number of rotatable bonds is 3. The molecule has 6 heteroatoms. The van der Waals surface area contributed by atoms with Crippen LogP contribution in [0.4, 0.5) is 8.78 Å². The minimum Gasteiger partial charge on any atom is -0.409 e. The van der Waals surface area contributed by atoms with Crippen LogP contribution < -0.4 is 5.73 Å². The Balaban J connectivity index is 2.18. The van der Waals surface area contributed by atoms with Crippen molar-refractivity contribution in [2.75, 3.05) is 6.54 Å². The van der Waals surface area contributed by atoms with Crippen LogP contribution in [-0.4, -0.2) is 28.5 Å². The van der Waals surface area contributed by atoms with E-state index in [0.29, 0.717) is 6.54 Å². The molecular formula is C12H15F2N3O. The molecule has 1 unspecified atom stereocenters. The second-order valence-electron chi connectivity index (χ2n) is 4.35. The lowest BCUT2D eigenvalue weighted by Gasteiger charge is -2.23. The number of hydrogen-bond donors (Lipinski definition) is 2. The molecule has 98 valence electrons. The Labute approximate surface area is 104 Å². The molecule has 2 rings (SSSR count). The van der Waals surface area contributed by atoms with Crippen LogP contribution in [0.15, 0.2) is 23.4 Å². The molecular weight excluding hydrogens is 240 g/mol. The van der Waals surface area contributed by atoms with Crippen LogP contribution >= 0.6 is 0 Å². The second-order valence-corrected chi connectivity index (χ2v) is 4.35. The van der Waals surface area contributed by atoms with E-state index in [1.807, 2.05) is 4.90 Å². The summed E-state index contributed by atoms with van der Waals surface area (Å²) in [7, 11) is 0. The number of likely N-dealkylation sites (tertiary alicyclic amines) is 1. The van der Waals surface area contributed by atoms with Crippen LogP contribution in [-0.2, 0) is 6.54 Å². The van der Waals surface area contributed by atoms with E-state index < -0.39 is 11.6 Å². The highest BCUT2D eigenvalue weighted by molar-refractivity contribution is 5.85. The normalized spacial score (nSPS) is 21.4. The monoisotopic (exact) mass is 255 g/mol. The average Bonchev–Trinajstić information content (AvgIpc) is 2.81. The van der Waals surface area contributed by atoms with Gasteiger partial charge in [-0.3, -0.25) is 4.90 Å². The largest absolute Gasteiger partial charge is 0.409 e. The summed E-state index contributed by atoms with van der Waals surface area (Å²) < 4.78 is 27.1. The molecule has 1 aliphatic rings. The summed E-state index contributed by atoms with van der Waals surface area (Å²) in [5, 5.41) is 11.6. The number of nitrogens with two attached hydrogens (primary N) is 1. The quantitative estimate of drug-likeness (QED) is 0.374. The van der Waals surface area contributed by atoms with E-state index in [1.165, 1.54) is 18.2 Å². The van der Waals surface area contributed by atoms with Gasteiger partial charge >= 0.3 is 0 Å². The molecule has 0 radical (unpaired) electrons. The van der Waals surface area contributed by atoms with E-state index in [0.717, 1.165) is 12.8 Å². The summed E-state index contributed by atoms with van der Waals surface area (Å²) in [5.41, 5.74) is 5.59. The number of hydrogen-bond acceptors (Lipinski definition) is 3. The molecule has 1 aromatic carbocycles. The molecule has 18 heavy (non-hydrogen) atoms. The first-order valence-corrected chi connectivity index (χ1v) is 5.78. The van der Waals surface area contributed by atoms with Gasteiger partial charge in [0.2, 0.25) is 0 Å². The zero-order valence-electron chi connectivity index (χ0n) is 9.81. The van der Waals surface area contributed by atoms with Crippen LogP contribution in [0.25, 0.3) is 0 Å². The maximum absolute atomic E-state index is 13.5. The highest BCUT2D eigenvalue weighted by atomic mass is 19.1. The van der Waals surface area contributed by atoms with Crippen molar-refractivity contribution in [1.82, 2.24) is 4.90 Å². The standard InChI is InChI=1S/C12H15F2N3O/c13-9-3-1-4-10(14)8(9)7-17-6-2-5-11(17)12(15)16-18/h1,3-4,11,18H,2,5-7H2,(H2,15,16). The average molecular weight is 255 g/mol. The third-order valence-corrected chi connectivity index (χ3v) is 3.24. The summed E-state index contributed by atoms with van der Waals surface area (Å²) >= 11 is 0. The fraction of sp³-hybridized carbons (Fsp3) is 0.417. The zero-order chi connectivity index (χ0) is 13.1. The number of nitrogens with zero attached hydrogens (tertiary/aromatic N) is 2. The zero-order valence-corrected chi connectivity index (χ0v) is 9.81. The summed E-state index contributed by atoms with van der Waals surface area (Å²) in [4.78, 5) is 1.82. The van der Waals surface area contributed by atoms with E-state index in [-0.39, 0.29) is 24.0 Å². The molecule has 1 saturated heterocycles. The van der Waals surface area contributed by atoms with Crippen molar-refractivity contribution in [2.24, 2.45) is 10.9 Å². The molecule has 0 aromatic heterocycles. The van der Waals surface area contributed by atoms with E-state index in [1.54, 1.807) is 0 Å². The molecule has 1 atom stereocenters. The fourth-order valence-corrected chi connectivity index (χ4v) is 2.30. The van der Waals surface area contributed by atoms with E-state index in [4.69, 9.17) is 10.9 Å². The van der Waals surface area contributed by atoms with Gasteiger partial charge in [-0.05, 0) is 31.5 Å². The number of halogens is 2. The number of amidine groups is 1. The van der Waals surface area contributed by atoms with E-state index in [2.05, 4.69) is 5.16 Å². The number of oxime groups is 1. The van der Waals surface area contributed by atoms with Crippen molar-refractivity contribution in [3.63, 3.8) is 0 Å².